The molecule has 43 heavy (non-hydrogen) atoms. The van der Waals surface area contributed by atoms with E-state index in [2.05, 4.69) is 10.3 Å². The van der Waals surface area contributed by atoms with Crippen LogP contribution in [0.15, 0.2) is 66.1 Å². The second kappa shape index (κ2) is 12.8. The first-order valence-corrected chi connectivity index (χ1v) is 14.1. The largest absolute Gasteiger partial charge is 0.392 e. The molecule has 0 saturated carbocycles. The number of carbonyl (C=O) groups is 1. The predicted molar refractivity (Wildman–Crippen MR) is 148 cm³/mol. The molecule has 4 atom stereocenters. The van der Waals surface area contributed by atoms with E-state index in [0.717, 1.165) is 16.3 Å². The van der Waals surface area contributed by atoms with Gasteiger partial charge < -0.3 is 24.5 Å². The van der Waals surface area contributed by atoms with Crippen LogP contribution in [0.3, 0.4) is 0 Å². The van der Waals surface area contributed by atoms with Crippen LogP contribution in [0, 0.1) is 35.0 Å². The van der Waals surface area contributed by atoms with Crippen LogP contribution in [-0.2, 0) is 23.1 Å². The molecule has 4 aromatic rings. The molecule has 1 amide bonds. The molecule has 1 saturated heterocycles. The summed E-state index contributed by atoms with van der Waals surface area (Å²) < 4.78 is 83.3. The summed E-state index contributed by atoms with van der Waals surface area (Å²) >= 11 is 1.53. The number of carbonyl (C=O) groups excluding carboxylic acids is 1. The molecule has 0 radical (unpaired) electrons. The Labute approximate surface area is 247 Å². The van der Waals surface area contributed by atoms with Gasteiger partial charge in [0.1, 0.15) is 5.56 Å². The highest BCUT2D eigenvalue weighted by Gasteiger charge is 2.38. The van der Waals surface area contributed by atoms with Gasteiger partial charge in [0.05, 0.1) is 18.8 Å². The number of ether oxygens (including phenoxy) is 2. The number of anilines is 1. The smallest absolute Gasteiger partial charge is 0.261 e. The van der Waals surface area contributed by atoms with Crippen LogP contribution < -0.4 is 5.32 Å². The van der Waals surface area contributed by atoms with Crippen LogP contribution in [-0.4, -0.2) is 32.4 Å². The van der Waals surface area contributed by atoms with Crippen LogP contribution in [0.2, 0.25) is 0 Å². The number of hydrogen-bond donors (Lipinski definition) is 2. The molecular formula is C30H26F5N3O4S. The summed E-state index contributed by atoms with van der Waals surface area (Å²) in [6, 6.07) is 13.3. The predicted octanol–water partition coefficient (Wildman–Crippen LogP) is 6.44. The number of nitrogens with one attached hydrogen (secondary N) is 1. The van der Waals surface area contributed by atoms with E-state index in [-0.39, 0.29) is 30.4 Å². The summed E-state index contributed by atoms with van der Waals surface area (Å²) in [6.07, 6.45) is 2.04. The summed E-state index contributed by atoms with van der Waals surface area (Å²) in [7, 11) is 1.89. The molecule has 0 spiro atoms. The third-order valence-corrected chi connectivity index (χ3v) is 8.30. The molecule has 0 bridgehead atoms. The summed E-state index contributed by atoms with van der Waals surface area (Å²) in [6.45, 7) is 1.92. The van der Waals surface area contributed by atoms with Crippen molar-refractivity contribution in [3.8, 4) is 0 Å². The fourth-order valence-corrected chi connectivity index (χ4v) is 5.77. The minimum absolute atomic E-state index is 0.0416. The number of hydrogen-bond acceptors (Lipinski definition) is 6. The Bertz CT molecular complexity index is 1590. The fraction of sp³-hybridized carbons (Fsp3) is 0.267. The number of rotatable bonds is 8. The van der Waals surface area contributed by atoms with Crippen molar-refractivity contribution < 1.29 is 41.3 Å². The van der Waals surface area contributed by atoms with Crippen LogP contribution >= 0.6 is 11.8 Å². The number of aliphatic hydroxyl groups is 1. The van der Waals surface area contributed by atoms with Gasteiger partial charge >= 0.3 is 0 Å². The Balaban J connectivity index is 1.37. The zero-order valence-electron chi connectivity index (χ0n) is 22.9. The number of aliphatic hydroxyl groups excluding tert-OH is 1. The maximum atomic E-state index is 14.1. The van der Waals surface area contributed by atoms with Gasteiger partial charge in [-0.05, 0) is 23.3 Å². The zero-order valence-corrected chi connectivity index (χ0v) is 23.7. The monoisotopic (exact) mass is 619 g/mol. The number of aromatic nitrogens is 2. The first-order chi connectivity index (χ1) is 20.6. The van der Waals surface area contributed by atoms with E-state index in [1.807, 2.05) is 49.0 Å². The van der Waals surface area contributed by atoms with E-state index >= 15 is 0 Å². The summed E-state index contributed by atoms with van der Waals surface area (Å²) in [5.41, 5.74) is 0.656. The second-order valence-corrected chi connectivity index (χ2v) is 11.0. The quantitative estimate of drug-likeness (QED) is 0.102. The van der Waals surface area contributed by atoms with Gasteiger partial charge in [0.25, 0.3) is 5.91 Å². The lowest BCUT2D eigenvalue weighted by Crippen LogP contribution is -2.38. The average molecular weight is 620 g/mol. The summed E-state index contributed by atoms with van der Waals surface area (Å²) in [5.74, 6) is -12.2. The number of benzene rings is 3. The van der Waals surface area contributed by atoms with Crippen LogP contribution in [0.1, 0.15) is 46.4 Å². The number of aryl methyl sites for hydroxylation is 1. The molecule has 3 aromatic carbocycles. The van der Waals surface area contributed by atoms with Gasteiger partial charge in [0.15, 0.2) is 34.7 Å². The van der Waals surface area contributed by atoms with E-state index in [0.29, 0.717) is 11.3 Å². The van der Waals surface area contributed by atoms with E-state index in [1.165, 1.54) is 23.9 Å². The fourth-order valence-electron chi connectivity index (χ4n) is 4.68. The van der Waals surface area contributed by atoms with Crippen molar-refractivity contribution in [2.45, 2.75) is 37.2 Å². The van der Waals surface area contributed by atoms with Crippen molar-refractivity contribution in [1.29, 1.82) is 0 Å². The van der Waals surface area contributed by atoms with E-state index in [9.17, 15) is 31.9 Å². The van der Waals surface area contributed by atoms with Crippen LogP contribution in [0.25, 0.3) is 0 Å². The van der Waals surface area contributed by atoms with Gasteiger partial charge in [0, 0.05) is 42.4 Å². The minimum Gasteiger partial charge on any atom is -0.392 e. The molecule has 5 rings (SSSR count). The first kappa shape index (κ1) is 30.7. The van der Waals surface area contributed by atoms with Gasteiger partial charge in [-0.3, -0.25) is 4.79 Å². The van der Waals surface area contributed by atoms with Gasteiger partial charge in [-0.1, -0.05) is 55.1 Å². The van der Waals surface area contributed by atoms with E-state index < -0.39 is 46.8 Å². The number of thioether (sulfide) groups is 1. The van der Waals surface area contributed by atoms with Crippen molar-refractivity contribution in [3.05, 3.63) is 112 Å². The Morgan fingerprint density at radius 3 is 2.12 bits per heavy atom. The molecule has 2 heterocycles. The molecule has 0 unspecified atom stereocenters. The highest BCUT2D eigenvalue weighted by Crippen LogP contribution is 2.43. The lowest BCUT2D eigenvalue weighted by atomic mass is 9.91. The third kappa shape index (κ3) is 6.30. The molecule has 1 aliphatic rings. The molecular weight excluding hydrogens is 593 g/mol. The minimum atomic E-state index is -2.35. The Morgan fingerprint density at radius 1 is 0.930 bits per heavy atom. The summed E-state index contributed by atoms with van der Waals surface area (Å²) in [5, 5.41) is 12.4. The van der Waals surface area contributed by atoms with Crippen molar-refractivity contribution in [2.75, 3.05) is 11.1 Å². The standard InChI is InChI=1S/C30H26F5N3O4S/c1-15-20(14-43-30-36-11-12-38(30)2)41-29(42-27(15)17-5-3-16(13-39)4-6-17)18-7-9-19(10-8-18)37-28(40)21-22(31)24(33)26(35)25(34)23(21)32/h3-12,15,20,27,29,39H,13-14H2,1-2H3,(H,37,40)/t15-,20+,27+,29+/m0/s1. The third-order valence-electron chi connectivity index (χ3n) is 7.15. The number of nitrogens with zero attached hydrogens (tertiary/aromatic N) is 2. The SMILES string of the molecule is C[C@H]1[C@@H](CSc2nccn2C)O[C@@H](c2ccc(NC(=O)c3c(F)c(F)c(F)c(F)c3F)cc2)O[C@H]1c1ccc(CO)cc1. The van der Waals surface area contributed by atoms with Gasteiger partial charge in [-0.15, -0.1) is 0 Å². The molecule has 0 aliphatic carbocycles. The van der Waals surface area contributed by atoms with Crippen molar-refractivity contribution in [1.82, 2.24) is 9.55 Å². The molecule has 1 fully saturated rings. The second-order valence-electron chi connectivity index (χ2n) is 9.97. The normalized spacial score (nSPS) is 20.3. The molecule has 2 N–H and O–H groups in total. The van der Waals surface area contributed by atoms with Crippen molar-refractivity contribution in [3.63, 3.8) is 0 Å². The van der Waals surface area contributed by atoms with Crippen LogP contribution in [0.5, 0.6) is 0 Å². The Kier molecular flexibility index (Phi) is 9.16. The van der Waals surface area contributed by atoms with E-state index in [4.69, 9.17) is 9.47 Å². The van der Waals surface area contributed by atoms with Crippen molar-refractivity contribution in [2.24, 2.45) is 13.0 Å². The van der Waals surface area contributed by atoms with Gasteiger partial charge in [-0.25, -0.2) is 26.9 Å². The molecule has 226 valence electrons. The van der Waals surface area contributed by atoms with Crippen molar-refractivity contribution >= 4 is 23.4 Å². The molecule has 7 nitrogen and oxygen atoms in total. The highest BCUT2D eigenvalue weighted by molar-refractivity contribution is 7.99. The number of amides is 1. The Morgan fingerprint density at radius 2 is 1.53 bits per heavy atom. The number of imidazole rings is 1. The zero-order chi connectivity index (χ0) is 30.8. The molecule has 13 heteroatoms. The summed E-state index contributed by atoms with van der Waals surface area (Å²) in [4.78, 5) is 16.8. The lowest BCUT2D eigenvalue weighted by molar-refractivity contribution is -0.268. The van der Waals surface area contributed by atoms with E-state index in [1.54, 1.807) is 18.3 Å². The topological polar surface area (TPSA) is 85.6 Å². The van der Waals surface area contributed by atoms with Crippen LogP contribution in [0.4, 0.5) is 27.6 Å². The number of halogens is 5. The first-order valence-electron chi connectivity index (χ1n) is 13.1. The van der Waals surface area contributed by atoms with Gasteiger partial charge in [0.2, 0.25) is 5.82 Å². The average Bonchev–Trinajstić information content (AvgIpc) is 3.43. The van der Waals surface area contributed by atoms with Gasteiger partial charge in [-0.2, -0.15) is 0 Å². The Hall–Kier alpha value is -3.78. The maximum Gasteiger partial charge on any atom is 0.261 e. The molecule has 1 aromatic heterocycles. The molecule has 1 aliphatic heterocycles. The maximum absolute atomic E-state index is 14.1. The lowest BCUT2D eigenvalue weighted by Gasteiger charge is -2.41. The highest BCUT2D eigenvalue weighted by atomic mass is 32.2.